The minimum atomic E-state index is -5.33. The van der Waals surface area contributed by atoms with Gasteiger partial charge in [-0.1, -0.05) is 20.8 Å². The van der Waals surface area contributed by atoms with E-state index in [1.54, 1.807) is 6.92 Å². The van der Waals surface area contributed by atoms with E-state index in [2.05, 4.69) is 13.1 Å². The van der Waals surface area contributed by atoms with E-state index in [1.807, 2.05) is 20.8 Å². The smallest absolute Gasteiger partial charge is 0.382 e. The van der Waals surface area contributed by atoms with Crippen LogP contribution in [0.5, 0.6) is 0 Å². The van der Waals surface area contributed by atoms with Gasteiger partial charge in [-0.3, -0.25) is 18.2 Å². The molecule has 34 heavy (non-hydrogen) atoms. The molecule has 0 bridgehead atoms. The van der Waals surface area contributed by atoms with Crippen LogP contribution in [-0.2, 0) is 45.4 Å². The van der Waals surface area contributed by atoms with Crippen LogP contribution in [0.1, 0.15) is 34.1 Å². The third-order valence-electron chi connectivity index (χ3n) is 5.76. The summed E-state index contributed by atoms with van der Waals surface area (Å²) in [5.41, 5.74) is 0. The summed E-state index contributed by atoms with van der Waals surface area (Å²) >= 11 is 0. The summed E-state index contributed by atoms with van der Waals surface area (Å²) in [5, 5.41) is 0. The van der Waals surface area contributed by atoms with E-state index >= 15 is 0 Å². The van der Waals surface area contributed by atoms with Gasteiger partial charge in [-0.2, -0.15) is 0 Å². The average molecular weight is 570 g/mol. The molecule has 19 heteroatoms. The molecule has 14 nitrogen and oxygen atoms in total. The number of rotatable bonds is 12. The van der Waals surface area contributed by atoms with Gasteiger partial charge in [-0.25, -0.2) is 17.8 Å². The largest absolute Gasteiger partial charge is 0.479 e. The molecule has 2 radical (unpaired) electrons. The summed E-state index contributed by atoms with van der Waals surface area (Å²) in [5.74, 6) is -1.84. The van der Waals surface area contributed by atoms with Gasteiger partial charge in [0.15, 0.2) is 5.90 Å². The summed E-state index contributed by atoms with van der Waals surface area (Å²) in [6, 6.07) is -0.601. The van der Waals surface area contributed by atoms with Crippen LogP contribution < -0.4 is 0 Å². The number of hydrogen-bond acceptors (Lipinski definition) is 10. The fourth-order valence-corrected chi connectivity index (χ4v) is 10.4. The number of ether oxygens (including phenoxy) is 2. The highest BCUT2D eigenvalue weighted by molar-refractivity contribution is 7.76. The highest BCUT2D eigenvalue weighted by Gasteiger charge is 2.45. The molecule has 0 saturated carbocycles. The van der Waals surface area contributed by atoms with Crippen molar-refractivity contribution in [3.8, 4) is 0 Å². The van der Waals surface area contributed by atoms with Crippen molar-refractivity contribution in [2.24, 2.45) is 17.8 Å². The van der Waals surface area contributed by atoms with Crippen LogP contribution in [0.3, 0.4) is 0 Å². The Labute approximate surface area is 199 Å². The molecule has 0 spiro atoms. The van der Waals surface area contributed by atoms with Gasteiger partial charge in [0.05, 0.1) is 31.5 Å². The van der Waals surface area contributed by atoms with Gasteiger partial charge in [0.25, 0.3) is 0 Å². The number of hydrogen-bond donors (Lipinski definition) is 4. The first-order chi connectivity index (χ1) is 15.3. The Hall–Kier alpha value is 0.585. The van der Waals surface area contributed by atoms with E-state index in [0.717, 1.165) is 0 Å². The van der Waals surface area contributed by atoms with E-state index in [9.17, 15) is 37.8 Å². The van der Waals surface area contributed by atoms with Crippen molar-refractivity contribution in [1.82, 2.24) is 0 Å². The van der Waals surface area contributed by atoms with Crippen molar-refractivity contribution < 1.29 is 65.0 Å². The normalized spacial score (nSPS) is 39.1. The number of phosphoric acid groups is 2. The van der Waals surface area contributed by atoms with Crippen molar-refractivity contribution in [2.45, 2.75) is 58.4 Å². The average Bonchev–Trinajstić information content (AvgIpc) is 3.07. The Kier molecular flexibility index (Phi) is 10.5. The molecule has 0 aromatic carbocycles. The van der Waals surface area contributed by atoms with Crippen molar-refractivity contribution in [3.63, 3.8) is 0 Å². The SMILES string of the molecule is [B][C@H]1CC(C)[C@@H](COP(=O)(O)OP(=O)(O)CP(=O)(O)OP(=O)(O)OC[C@H]2O[C@@H](C)[C@@H](C)C2C)O1. The van der Waals surface area contributed by atoms with Gasteiger partial charge in [-0.05, 0) is 31.1 Å². The second-order valence-electron chi connectivity index (χ2n) is 8.63. The molecular formula is C15H31BO14P4. The standard InChI is InChI=1S/C15H31BO14P4/c1-9-5-15(16)28-13(9)6-25-33(21,22)29-31(17,18)8-32(19,20)30-34(23,24)26-7-14-11(3)10(2)12(4)27-14/h9-15H,5-8H2,1-4H3,(H,17,18)(H,19,20)(H,21,22)(H,23,24)/t9?,10-,11?,12-,13+,14+,15+/m0/s1. The molecule has 0 aliphatic carbocycles. The molecule has 2 aliphatic heterocycles. The molecule has 2 aliphatic rings. The fourth-order valence-electron chi connectivity index (χ4n) is 3.60. The zero-order valence-corrected chi connectivity index (χ0v) is 22.7. The van der Waals surface area contributed by atoms with E-state index in [1.165, 1.54) is 0 Å². The first kappa shape index (κ1) is 30.8. The molecule has 2 fully saturated rings. The van der Waals surface area contributed by atoms with Crippen LogP contribution in [0, 0.1) is 17.8 Å². The molecule has 0 aromatic rings. The Morgan fingerprint density at radius 3 is 1.65 bits per heavy atom. The summed E-state index contributed by atoms with van der Waals surface area (Å²) in [7, 11) is -15.4. The maximum atomic E-state index is 12.2. The van der Waals surface area contributed by atoms with E-state index in [4.69, 9.17) is 21.8 Å². The molecule has 0 aromatic heterocycles. The van der Waals surface area contributed by atoms with Crippen LogP contribution in [0.2, 0.25) is 0 Å². The Morgan fingerprint density at radius 1 is 0.794 bits per heavy atom. The maximum Gasteiger partial charge on any atom is 0.479 e. The zero-order chi connectivity index (χ0) is 26.1. The molecule has 2 heterocycles. The summed E-state index contributed by atoms with van der Waals surface area (Å²) in [6.07, 6.45) is -0.945. The topological polar surface area (TPSA) is 205 Å². The third-order valence-corrected chi connectivity index (χ3v) is 13.3. The van der Waals surface area contributed by atoms with Crippen molar-refractivity contribution in [2.75, 3.05) is 19.1 Å². The van der Waals surface area contributed by atoms with E-state index in [0.29, 0.717) is 6.42 Å². The van der Waals surface area contributed by atoms with Gasteiger partial charge in [0.1, 0.15) is 7.85 Å². The van der Waals surface area contributed by atoms with Crippen LogP contribution in [0.25, 0.3) is 0 Å². The first-order valence-electron chi connectivity index (χ1n) is 10.4. The molecule has 0 amide bonds. The predicted molar refractivity (Wildman–Crippen MR) is 119 cm³/mol. The molecular weight excluding hydrogens is 539 g/mol. The lowest BCUT2D eigenvalue weighted by atomic mass is 9.91. The Balaban J connectivity index is 1.89. The van der Waals surface area contributed by atoms with Gasteiger partial charge in [-0.15, -0.1) is 0 Å². The van der Waals surface area contributed by atoms with Crippen molar-refractivity contribution in [3.05, 3.63) is 0 Å². The molecule has 4 N–H and O–H groups in total. The quantitative estimate of drug-likeness (QED) is 0.197. The molecule has 198 valence electrons. The van der Waals surface area contributed by atoms with Crippen LogP contribution in [-0.4, -0.2) is 70.9 Å². The summed E-state index contributed by atoms with van der Waals surface area (Å²) in [6.45, 7) is 6.37. The monoisotopic (exact) mass is 570 g/mol. The summed E-state index contributed by atoms with van der Waals surface area (Å²) in [4.78, 5) is 39.1. The highest BCUT2D eigenvalue weighted by atomic mass is 31.3. The van der Waals surface area contributed by atoms with E-state index in [-0.39, 0.29) is 23.9 Å². The van der Waals surface area contributed by atoms with Gasteiger partial charge in [0, 0.05) is 6.00 Å². The number of phosphoric ester groups is 2. The third kappa shape index (κ3) is 9.47. The first-order valence-corrected chi connectivity index (χ1v) is 16.9. The van der Waals surface area contributed by atoms with Crippen molar-refractivity contribution in [1.29, 1.82) is 0 Å². The minimum Gasteiger partial charge on any atom is -0.382 e. The lowest BCUT2D eigenvalue weighted by molar-refractivity contribution is 0.00634. The predicted octanol–water partition coefficient (Wildman–Crippen LogP) is 2.56. The van der Waals surface area contributed by atoms with Crippen LogP contribution >= 0.6 is 30.8 Å². The van der Waals surface area contributed by atoms with Crippen LogP contribution in [0.4, 0.5) is 0 Å². The lowest BCUT2D eigenvalue weighted by Crippen LogP contribution is -2.21. The summed E-state index contributed by atoms with van der Waals surface area (Å²) < 4.78 is 76.9. The second-order valence-corrected chi connectivity index (χ2v) is 16.0. The molecule has 2 rings (SSSR count). The highest BCUT2D eigenvalue weighted by Crippen LogP contribution is 2.70. The van der Waals surface area contributed by atoms with Crippen molar-refractivity contribution >= 4 is 38.7 Å². The van der Waals surface area contributed by atoms with Gasteiger partial charge >= 0.3 is 30.8 Å². The second kappa shape index (κ2) is 11.5. The Bertz CT molecular complexity index is 902. The zero-order valence-electron chi connectivity index (χ0n) is 19.1. The van der Waals surface area contributed by atoms with Crippen LogP contribution in [0.15, 0.2) is 0 Å². The minimum absolute atomic E-state index is 0.0472. The van der Waals surface area contributed by atoms with Gasteiger partial charge in [0.2, 0.25) is 0 Å². The Morgan fingerprint density at radius 2 is 1.26 bits per heavy atom. The van der Waals surface area contributed by atoms with Gasteiger partial charge < -0.3 is 29.0 Å². The maximum absolute atomic E-state index is 12.2. The lowest BCUT2D eigenvalue weighted by Gasteiger charge is -2.22. The molecule has 6 unspecified atom stereocenters. The molecule has 2 saturated heterocycles. The van der Waals surface area contributed by atoms with E-state index < -0.39 is 68.2 Å². The fraction of sp³-hybridized carbons (Fsp3) is 1.00. The molecule has 11 atom stereocenters.